The second-order valence-corrected chi connectivity index (χ2v) is 6.74. The number of benzene rings is 1. The van der Waals surface area contributed by atoms with Gasteiger partial charge in [0, 0.05) is 20.4 Å². The lowest BCUT2D eigenvalue weighted by Gasteiger charge is -2.19. The van der Waals surface area contributed by atoms with E-state index in [9.17, 15) is 14.9 Å². The number of nitro groups is 1. The Kier molecular flexibility index (Phi) is 6.00. The van der Waals surface area contributed by atoms with Crippen LogP contribution in [0, 0.1) is 10.1 Å². The highest BCUT2D eigenvalue weighted by Gasteiger charge is 2.42. The number of esters is 1. The summed E-state index contributed by atoms with van der Waals surface area (Å²) in [4.78, 5) is 24.4. The van der Waals surface area contributed by atoms with E-state index in [1.807, 2.05) is 5.38 Å². The van der Waals surface area contributed by atoms with Gasteiger partial charge in [-0.25, -0.2) is 4.79 Å². The third-order valence-electron chi connectivity index (χ3n) is 3.04. The summed E-state index contributed by atoms with van der Waals surface area (Å²) >= 11 is 2.57. The van der Waals surface area contributed by atoms with Crippen molar-refractivity contribution < 1.29 is 14.5 Å². The summed E-state index contributed by atoms with van der Waals surface area (Å²) in [7, 11) is 0. The lowest BCUT2D eigenvalue weighted by Crippen LogP contribution is -2.35. The van der Waals surface area contributed by atoms with Gasteiger partial charge in [0.1, 0.15) is 5.25 Å². The van der Waals surface area contributed by atoms with E-state index < -0.39 is 22.2 Å². The smallest absolute Gasteiger partial charge is 0.383 e. The first-order valence-corrected chi connectivity index (χ1v) is 8.65. The van der Waals surface area contributed by atoms with Crippen LogP contribution in [0.1, 0.15) is 17.1 Å². The number of anilines is 1. The summed E-state index contributed by atoms with van der Waals surface area (Å²) in [5, 5.41) is 12.6. The van der Waals surface area contributed by atoms with Crippen molar-refractivity contribution in [3.8, 4) is 0 Å². The number of thioether (sulfide) groups is 1. The van der Waals surface area contributed by atoms with E-state index in [-0.39, 0.29) is 6.61 Å². The molecular weight excluding hydrogens is 336 g/mol. The minimum Gasteiger partial charge on any atom is -0.461 e. The number of nitrogen functional groups attached to an aromatic ring is 1. The molecule has 0 aliphatic carbocycles. The molecule has 2 aromatic rings. The number of ether oxygens (including phenoxy) is 1. The van der Waals surface area contributed by atoms with Crippen molar-refractivity contribution in [3.63, 3.8) is 0 Å². The molecule has 1 heterocycles. The van der Waals surface area contributed by atoms with Crippen LogP contribution in [-0.2, 0) is 9.53 Å². The Morgan fingerprint density at radius 2 is 2.13 bits per heavy atom. The molecule has 0 spiro atoms. The molecule has 0 amide bonds. The minimum atomic E-state index is -1.49. The molecule has 0 aliphatic rings. The molecule has 2 atom stereocenters. The van der Waals surface area contributed by atoms with Gasteiger partial charge < -0.3 is 10.5 Å². The Hall–Kier alpha value is -2.06. The monoisotopic (exact) mass is 352 g/mol. The van der Waals surface area contributed by atoms with E-state index >= 15 is 0 Å². The van der Waals surface area contributed by atoms with Gasteiger partial charge in [-0.2, -0.15) is 0 Å². The molecule has 6 nitrogen and oxygen atoms in total. The van der Waals surface area contributed by atoms with Gasteiger partial charge in [-0.1, -0.05) is 18.2 Å². The molecule has 2 N–H and O–H groups in total. The fourth-order valence-electron chi connectivity index (χ4n) is 2.00. The number of thiophene rings is 1. The zero-order chi connectivity index (χ0) is 16.8. The van der Waals surface area contributed by atoms with Gasteiger partial charge in [0.25, 0.3) is 0 Å². The van der Waals surface area contributed by atoms with Crippen molar-refractivity contribution >= 4 is 34.8 Å². The molecule has 0 bridgehead atoms. The molecule has 2 unspecified atom stereocenters. The third-order valence-corrected chi connectivity index (χ3v) is 5.53. The first kappa shape index (κ1) is 17.3. The van der Waals surface area contributed by atoms with E-state index in [0.717, 1.165) is 4.88 Å². The lowest BCUT2D eigenvalue weighted by molar-refractivity contribution is -0.510. The first-order valence-electron chi connectivity index (χ1n) is 6.89. The molecule has 2 rings (SSSR count). The number of nitrogens with two attached hydrogens (primary N) is 1. The maximum Gasteiger partial charge on any atom is 0.383 e. The summed E-state index contributed by atoms with van der Waals surface area (Å²) in [6.45, 7) is 1.72. The zero-order valence-electron chi connectivity index (χ0n) is 12.4. The van der Waals surface area contributed by atoms with Gasteiger partial charge in [0.2, 0.25) is 0 Å². The van der Waals surface area contributed by atoms with Gasteiger partial charge >= 0.3 is 12.0 Å². The number of para-hydroxylation sites is 1. The maximum atomic E-state index is 12.1. The number of nitrogens with zero attached hydrogens (tertiary/aromatic N) is 1. The van der Waals surface area contributed by atoms with Gasteiger partial charge in [-0.3, -0.25) is 10.1 Å². The van der Waals surface area contributed by atoms with Gasteiger partial charge in [0.15, 0.2) is 0 Å². The lowest BCUT2D eigenvalue weighted by atomic mass is 10.2. The Bertz CT molecular complexity index is 676. The molecule has 122 valence electrons. The minimum absolute atomic E-state index is 0.0957. The van der Waals surface area contributed by atoms with Crippen LogP contribution in [0.3, 0.4) is 0 Å². The van der Waals surface area contributed by atoms with Gasteiger partial charge in [-0.15, -0.1) is 23.1 Å². The number of carbonyl (C=O) groups is 1. The number of hydrogen-bond donors (Lipinski definition) is 1. The molecule has 0 saturated carbocycles. The van der Waals surface area contributed by atoms with Crippen molar-refractivity contribution in [3.05, 3.63) is 56.8 Å². The molecular formula is C15H16N2O4S2. The van der Waals surface area contributed by atoms with Crippen LogP contribution in [0.25, 0.3) is 0 Å². The van der Waals surface area contributed by atoms with E-state index in [2.05, 4.69) is 0 Å². The Morgan fingerprint density at radius 1 is 1.39 bits per heavy atom. The molecule has 1 aromatic carbocycles. The molecule has 0 saturated heterocycles. The average molecular weight is 352 g/mol. The van der Waals surface area contributed by atoms with Crippen LogP contribution in [0.4, 0.5) is 5.69 Å². The fraction of sp³-hybridized carbons (Fsp3) is 0.267. The highest BCUT2D eigenvalue weighted by Crippen LogP contribution is 2.43. The SMILES string of the molecule is CCOC(=O)C(C(Sc1ccccc1N)c1cccs1)[N+](=O)[O-]. The molecule has 1 aromatic heterocycles. The van der Waals surface area contributed by atoms with E-state index in [1.54, 1.807) is 43.3 Å². The molecule has 23 heavy (non-hydrogen) atoms. The summed E-state index contributed by atoms with van der Waals surface area (Å²) in [5.41, 5.74) is 6.45. The predicted octanol–water partition coefficient (Wildman–Crippen LogP) is 3.37. The Labute approximate surface area is 141 Å². The Morgan fingerprint density at radius 3 is 2.70 bits per heavy atom. The van der Waals surface area contributed by atoms with Crippen molar-refractivity contribution in [1.29, 1.82) is 0 Å². The second kappa shape index (κ2) is 7.98. The predicted molar refractivity (Wildman–Crippen MR) is 91.2 cm³/mol. The largest absolute Gasteiger partial charge is 0.461 e. The van der Waals surface area contributed by atoms with Crippen LogP contribution in [0.2, 0.25) is 0 Å². The van der Waals surface area contributed by atoms with Gasteiger partial charge in [-0.05, 0) is 30.5 Å². The Balaban J connectivity index is 2.39. The highest BCUT2D eigenvalue weighted by molar-refractivity contribution is 7.99. The second-order valence-electron chi connectivity index (χ2n) is 4.57. The van der Waals surface area contributed by atoms with Crippen LogP contribution >= 0.6 is 23.1 Å². The molecule has 0 aliphatic heterocycles. The van der Waals surface area contributed by atoms with E-state index in [1.165, 1.54) is 23.1 Å². The van der Waals surface area contributed by atoms with E-state index in [4.69, 9.17) is 10.5 Å². The number of carbonyl (C=O) groups excluding carboxylic acids is 1. The summed E-state index contributed by atoms with van der Waals surface area (Å²) in [5.74, 6) is -0.835. The van der Waals surface area contributed by atoms with Crippen molar-refractivity contribution in [2.24, 2.45) is 0 Å². The standard InChI is InChI=1S/C15H16N2O4S2/c1-2-21-15(18)13(17(19)20)14(12-8-5-9-22-12)23-11-7-4-3-6-10(11)16/h3-9,13-14H,2,16H2,1H3. The summed E-state index contributed by atoms with van der Waals surface area (Å²) < 4.78 is 4.89. The molecule has 0 radical (unpaired) electrons. The molecule has 8 heteroatoms. The van der Waals surface area contributed by atoms with E-state index in [0.29, 0.717) is 10.6 Å². The van der Waals surface area contributed by atoms with Crippen LogP contribution in [0.5, 0.6) is 0 Å². The van der Waals surface area contributed by atoms with Crippen LogP contribution < -0.4 is 5.73 Å². The highest BCUT2D eigenvalue weighted by atomic mass is 32.2. The topological polar surface area (TPSA) is 95.5 Å². The number of hydrogen-bond acceptors (Lipinski definition) is 7. The van der Waals surface area contributed by atoms with Gasteiger partial charge in [0.05, 0.1) is 6.61 Å². The summed E-state index contributed by atoms with van der Waals surface area (Å²) in [6.07, 6.45) is 0. The zero-order valence-corrected chi connectivity index (χ0v) is 14.0. The number of rotatable bonds is 7. The quantitative estimate of drug-likeness (QED) is 0.270. The maximum absolute atomic E-state index is 12.1. The fourth-order valence-corrected chi connectivity index (χ4v) is 4.22. The van der Waals surface area contributed by atoms with Crippen molar-refractivity contribution in [1.82, 2.24) is 0 Å². The van der Waals surface area contributed by atoms with Crippen LogP contribution in [0.15, 0.2) is 46.7 Å². The average Bonchev–Trinajstić information content (AvgIpc) is 3.02. The summed E-state index contributed by atoms with van der Waals surface area (Å²) in [6, 6.07) is 9.17. The third kappa shape index (κ3) is 4.23. The molecule has 0 fully saturated rings. The van der Waals surface area contributed by atoms with Crippen LogP contribution in [-0.4, -0.2) is 23.5 Å². The normalized spacial score (nSPS) is 13.3. The van der Waals surface area contributed by atoms with Crippen molar-refractivity contribution in [2.75, 3.05) is 12.3 Å². The van der Waals surface area contributed by atoms with Crippen molar-refractivity contribution in [2.45, 2.75) is 23.1 Å². The first-order chi connectivity index (χ1) is 11.0.